The normalized spacial score (nSPS) is 15.4. The van der Waals surface area contributed by atoms with Gasteiger partial charge in [0.25, 0.3) is 0 Å². The fraction of sp³-hybridized carbons (Fsp3) is 0.350. The fourth-order valence-electron chi connectivity index (χ4n) is 3.05. The van der Waals surface area contributed by atoms with E-state index in [1.165, 1.54) is 12.1 Å². The molecule has 3 rings (SSSR count). The van der Waals surface area contributed by atoms with Crippen LogP contribution >= 0.6 is 0 Å². The third kappa shape index (κ3) is 3.28. The molecule has 0 unspecified atom stereocenters. The second-order valence-electron chi connectivity index (χ2n) is 6.27. The Morgan fingerprint density at radius 2 is 1.79 bits per heavy atom. The van der Waals surface area contributed by atoms with Gasteiger partial charge in [0.15, 0.2) is 0 Å². The van der Waals surface area contributed by atoms with Gasteiger partial charge in [-0.05, 0) is 61.2 Å². The van der Waals surface area contributed by atoms with Crippen LogP contribution in [0.1, 0.15) is 38.2 Å². The molecule has 0 atom stereocenters. The van der Waals surface area contributed by atoms with Crippen LogP contribution in [-0.2, 0) is 10.2 Å². The van der Waals surface area contributed by atoms with E-state index < -0.39 is 5.41 Å². The van der Waals surface area contributed by atoms with Crippen molar-refractivity contribution in [3.8, 4) is 5.75 Å². The van der Waals surface area contributed by atoms with E-state index in [1.54, 1.807) is 12.1 Å². The topological polar surface area (TPSA) is 38.3 Å². The first-order valence-corrected chi connectivity index (χ1v) is 8.44. The summed E-state index contributed by atoms with van der Waals surface area (Å²) >= 11 is 0. The first kappa shape index (κ1) is 16.5. The minimum Gasteiger partial charge on any atom is -0.494 e. The number of carbonyl (C=O) groups excluding carboxylic acids is 1. The second-order valence-corrected chi connectivity index (χ2v) is 6.27. The Morgan fingerprint density at radius 1 is 1.12 bits per heavy atom. The Morgan fingerprint density at radius 3 is 2.33 bits per heavy atom. The monoisotopic (exact) mass is 327 g/mol. The summed E-state index contributed by atoms with van der Waals surface area (Å²) in [6, 6.07) is 13.7. The van der Waals surface area contributed by atoms with Crippen LogP contribution in [0.2, 0.25) is 0 Å². The Labute approximate surface area is 141 Å². The predicted octanol–water partition coefficient (Wildman–Crippen LogP) is 4.67. The van der Waals surface area contributed by atoms with Crippen molar-refractivity contribution < 1.29 is 13.9 Å². The van der Waals surface area contributed by atoms with Gasteiger partial charge in [0.1, 0.15) is 11.6 Å². The smallest absolute Gasteiger partial charge is 0.235 e. The van der Waals surface area contributed by atoms with E-state index in [0.717, 1.165) is 42.7 Å². The molecule has 1 N–H and O–H groups in total. The molecule has 0 aliphatic heterocycles. The molecule has 0 radical (unpaired) electrons. The van der Waals surface area contributed by atoms with E-state index in [4.69, 9.17) is 4.74 Å². The molecule has 1 aliphatic rings. The van der Waals surface area contributed by atoms with Gasteiger partial charge in [-0.2, -0.15) is 0 Å². The van der Waals surface area contributed by atoms with E-state index >= 15 is 0 Å². The van der Waals surface area contributed by atoms with Crippen LogP contribution < -0.4 is 10.1 Å². The average molecular weight is 327 g/mol. The Bertz CT molecular complexity index is 691. The molecule has 126 valence electrons. The third-order valence-corrected chi connectivity index (χ3v) is 4.62. The minimum absolute atomic E-state index is 0.0254. The van der Waals surface area contributed by atoms with Gasteiger partial charge in [-0.25, -0.2) is 4.39 Å². The Balaban J connectivity index is 1.72. The number of rotatable bonds is 6. The molecule has 1 fully saturated rings. The summed E-state index contributed by atoms with van der Waals surface area (Å²) in [5, 5.41) is 2.99. The van der Waals surface area contributed by atoms with Crippen LogP contribution in [0.4, 0.5) is 10.1 Å². The number of anilines is 1. The number of halogens is 1. The minimum atomic E-state index is -0.537. The lowest BCUT2D eigenvalue weighted by Crippen LogP contribution is -2.46. The zero-order valence-electron chi connectivity index (χ0n) is 13.8. The summed E-state index contributed by atoms with van der Waals surface area (Å²) < 4.78 is 18.7. The number of hydrogen-bond donors (Lipinski definition) is 1. The highest BCUT2D eigenvalue weighted by molar-refractivity contribution is 5.99. The van der Waals surface area contributed by atoms with E-state index in [1.807, 2.05) is 24.3 Å². The summed E-state index contributed by atoms with van der Waals surface area (Å²) in [7, 11) is 0. The van der Waals surface area contributed by atoms with Gasteiger partial charge >= 0.3 is 0 Å². The number of ether oxygens (including phenoxy) is 1. The van der Waals surface area contributed by atoms with Gasteiger partial charge in [-0.15, -0.1) is 0 Å². The van der Waals surface area contributed by atoms with Gasteiger partial charge in [-0.3, -0.25) is 4.79 Å². The lowest BCUT2D eigenvalue weighted by atomic mass is 9.64. The van der Waals surface area contributed by atoms with E-state index in [-0.39, 0.29) is 11.7 Å². The molecule has 0 spiro atoms. The maximum atomic E-state index is 13.2. The molecule has 1 saturated carbocycles. The molecule has 1 aliphatic carbocycles. The SMILES string of the molecule is CCCOc1ccc(NC(=O)C2(c3ccc(F)cc3)CCC2)cc1. The van der Waals surface area contributed by atoms with Crippen LogP contribution in [0.3, 0.4) is 0 Å². The number of carbonyl (C=O) groups is 1. The van der Waals surface area contributed by atoms with Crippen molar-refractivity contribution in [2.45, 2.75) is 38.0 Å². The van der Waals surface area contributed by atoms with Gasteiger partial charge in [-0.1, -0.05) is 25.5 Å². The lowest BCUT2D eigenvalue weighted by molar-refractivity contribution is -0.124. The summed E-state index contributed by atoms with van der Waals surface area (Å²) in [5.41, 5.74) is 1.10. The second kappa shape index (κ2) is 7.04. The maximum absolute atomic E-state index is 13.2. The Kier molecular flexibility index (Phi) is 4.84. The van der Waals surface area contributed by atoms with Crippen molar-refractivity contribution in [2.24, 2.45) is 0 Å². The quantitative estimate of drug-likeness (QED) is 0.837. The van der Waals surface area contributed by atoms with Gasteiger partial charge < -0.3 is 10.1 Å². The fourth-order valence-corrected chi connectivity index (χ4v) is 3.05. The number of nitrogens with one attached hydrogen (secondary N) is 1. The number of benzene rings is 2. The van der Waals surface area contributed by atoms with Crippen LogP contribution in [0, 0.1) is 5.82 Å². The van der Waals surface area contributed by atoms with Crippen molar-refractivity contribution in [1.29, 1.82) is 0 Å². The number of hydrogen-bond acceptors (Lipinski definition) is 2. The van der Waals surface area contributed by atoms with Crippen LogP contribution in [0.5, 0.6) is 5.75 Å². The first-order valence-electron chi connectivity index (χ1n) is 8.44. The third-order valence-electron chi connectivity index (χ3n) is 4.62. The van der Waals surface area contributed by atoms with Crippen LogP contribution in [0.15, 0.2) is 48.5 Å². The molecule has 3 nitrogen and oxygen atoms in total. The van der Waals surface area contributed by atoms with Crippen molar-refractivity contribution >= 4 is 11.6 Å². The van der Waals surface area contributed by atoms with Crippen molar-refractivity contribution in [1.82, 2.24) is 0 Å². The zero-order chi connectivity index (χ0) is 17.0. The molecule has 0 bridgehead atoms. The molecule has 2 aromatic rings. The summed E-state index contributed by atoms with van der Waals surface area (Å²) in [6.07, 6.45) is 3.55. The standard InChI is InChI=1S/C20H22FNO2/c1-2-14-24-18-10-8-17(9-11-18)22-19(23)20(12-3-13-20)15-4-6-16(21)7-5-15/h4-11H,2-3,12-14H2,1H3,(H,22,23). The zero-order valence-corrected chi connectivity index (χ0v) is 13.8. The van der Waals surface area contributed by atoms with E-state index in [9.17, 15) is 9.18 Å². The van der Waals surface area contributed by atoms with Crippen molar-refractivity contribution in [3.63, 3.8) is 0 Å². The molecular formula is C20H22FNO2. The molecule has 1 amide bonds. The number of amides is 1. The molecule has 2 aromatic carbocycles. The molecule has 0 aromatic heterocycles. The van der Waals surface area contributed by atoms with Gasteiger partial charge in [0, 0.05) is 5.69 Å². The molecular weight excluding hydrogens is 305 g/mol. The summed E-state index contributed by atoms with van der Waals surface area (Å²) in [4.78, 5) is 12.8. The van der Waals surface area contributed by atoms with Crippen LogP contribution in [0.25, 0.3) is 0 Å². The Hall–Kier alpha value is -2.36. The highest BCUT2D eigenvalue weighted by atomic mass is 19.1. The molecule has 4 heteroatoms. The predicted molar refractivity (Wildman–Crippen MR) is 92.8 cm³/mol. The van der Waals surface area contributed by atoms with E-state index in [0.29, 0.717) is 6.61 Å². The maximum Gasteiger partial charge on any atom is 0.235 e. The van der Waals surface area contributed by atoms with Gasteiger partial charge in [0.05, 0.1) is 12.0 Å². The largest absolute Gasteiger partial charge is 0.494 e. The molecule has 0 saturated heterocycles. The van der Waals surface area contributed by atoms with Crippen molar-refractivity contribution in [2.75, 3.05) is 11.9 Å². The molecule has 24 heavy (non-hydrogen) atoms. The van der Waals surface area contributed by atoms with Crippen LogP contribution in [-0.4, -0.2) is 12.5 Å². The molecule has 0 heterocycles. The highest BCUT2D eigenvalue weighted by Crippen LogP contribution is 2.44. The van der Waals surface area contributed by atoms with E-state index in [2.05, 4.69) is 12.2 Å². The summed E-state index contributed by atoms with van der Waals surface area (Å²) in [5.74, 6) is 0.491. The first-order chi connectivity index (χ1) is 11.6. The van der Waals surface area contributed by atoms with Gasteiger partial charge in [0.2, 0.25) is 5.91 Å². The van der Waals surface area contributed by atoms with Crippen molar-refractivity contribution in [3.05, 3.63) is 59.9 Å². The summed E-state index contributed by atoms with van der Waals surface area (Å²) in [6.45, 7) is 2.74. The average Bonchev–Trinajstić information content (AvgIpc) is 2.55. The lowest BCUT2D eigenvalue weighted by Gasteiger charge is -2.40. The highest BCUT2D eigenvalue weighted by Gasteiger charge is 2.45.